The van der Waals surface area contributed by atoms with E-state index in [9.17, 15) is 9.59 Å². The fourth-order valence-corrected chi connectivity index (χ4v) is 2.99. The average molecular weight is 400 g/mol. The molecule has 30 heavy (non-hydrogen) atoms. The van der Waals surface area contributed by atoms with Gasteiger partial charge in [0.2, 0.25) is 6.79 Å². The summed E-state index contributed by atoms with van der Waals surface area (Å²) in [6.45, 7) is 0.511. The van der Waals surface area contributed by atoms with Gasteiger partial charge < -0.3 is 20.1 Å². The van der Waals surface area contributed by atoms with E-state index in [1.165, 1.54) is 0 Å². The molecule has 0 spiro atoms. The molecule has 0 fully saturated rings. The first-order chi connectivity index (χ1) is 14.7. The van der Waals surface area contributed by atoms with Crippen LogP contribution >= 0.6 is 0 Å². The van der Waals surface area contributed by atoms with E-state index in [4.69, 9.17) is 9.47 Å². The summed E-state index contributed by atoms with van der Waals surface area (Å²) < 4.78 is 10.7. The summed E-state index contributed by atoms with van der Waals surface area (Å²) in [6, 6.07) is 23.6. The summed E-state index contributed by atoms with van der Waals surface area (Å²) in [5, 5.41) is 5.57. The van der Waals surface area contributed by atoms with Crippen LogP contribution in [0.4, 0.5) is 0 Å². The van der Waals surface area contributed by atoms with Gasteiger partial charge in [-0.1, -0.05) is 54.6 Å². The second-order valence-corrected chi connectivity index (χ2v) is 6.66. The van der Waals surface area contributed by atoms with Gasteiger partial charge in [-0.05, 0) is 41.5 Å². The fraction of sp³-hybridized carbons (Fsp3) is 0.0833. The Bertz CT molecular complexity index is 1080. The Morgan fingerprint density at radius 3 is 2.33 bits per heavy atom. The molecule has 2 amide bonds. The number of ether oxygens (including phenoxy) is 2. The van der Waals surface area contributed by atoms with E-state index in [0.29, 0.717) is 29.2 Å². The third-order valence-corrected chi connectivity index (χ3v) is 4.53. The Hall–Kier alpha value is -4.06. The topological polar surface area (TPSA) is 76.7 Å². The van der Waals surface area contributed by atoms with Gasteiger partial charge in [-0.25, -0.2) is 0 Å². The van der Waals surface area contributed by atoms with E-state index in [0.717, 1.165) is 5.56 Å². The molecule has 1 aliphatic heterocycles. The smallest absolute Gasteiger partial charge is 0.268 e. The summed E-state index contributed by atoms with van der Waals surface area (Å²) >= 11 is 0. The van der Waals surface area contributed by atoms with Crippen molar-refractivity contribution in [3.8, 4) is 11.5 Å². The molecule has 0 saturated heterocycles. The Balaban J connectivity index is 1.56. The molecule has 2 N–H and O–H groups in total. The van der Waals surface area contributed by atoms with Crippen molar-refractivity contribution in [1.29, 1.82) is 0 Å². The highest BCUT2D eigenvalue weighted by Gasteiger charge is 2.17. The molecule has 0 unspecified atom stereocenters. The zero-order valence-electron chi connectivity index (χ0n) is 16.1. The SMILES string of the molecule is O=C(NCc1ccccc1)/C(=C\c1ccc2c(c1)OCO2)NC(=O)c1ccccc1. The quantitative estimate of drug-likeness (QED) is 0.621. The number of carbonyl (C=O) groups excluding carboxylic acids is 2. The maximum absolute atomic E-state index is 12.9. The number of hydrogen-bond acceptors (Lipinski definition) is 4. The highest BCUT2D eigenvalue weighted by atomic mass is 16.7. The van der Waals surface area contributed by atoms with Crippen LogP contribution in [0.15, 0.2) is 84.6 Å². The molecule has 6 heteroatoms. The van der Waals surface area contributed by atoms with Crippen LogP contribution in [0.3, 0.4) is 0 Å². The van der Waals surface area contributed by atoms with E-state index in [1.54, 1.807) is 48.5 Å². The lowest BCUT2D eigenvalue weighted by molar-refractivity contribution is -0.117. The normalized spacial score (nSPS) is 12.3. The standard InChI is InChI=1S/C24H20N2O4/c27-23(19-9-5-2-6-10-19)26-20(24(28)25-15-17-7-3-1-4-8-17)13-18-11-12-21-22(14-18)30-16-29-21/h1-14H,15-16H2,(H,25,28)(H,26,27)/b20-13+. The van der Waals surface area contributed by atoms with Gasteiger partial charge in [0.1, 0.15) is 5.70 Å². The maximum atomic E-state index is 12.9. The number of amides is 2. The van der Waals surface area contributed by atoms with Gasteiger partial charge >= 0.3 is 0 Å². The first-order valence-corrected chi connectivity index (χ1v) is 9.49. The van der Waals surface area contributed by atoms with Crippen LogP contribution < -0.4 is 20.1 Å². The molecule has 150 valence electrons. The van der Waals surface area contributed by atoms with Crippen LogP contribution in [0.1, 0.15) is 21.5 Å². The van der Waals surface area contributed by atoms with Crippen molar-refractivity contribution in [3.05, 3.63) is 101 Å². The minimum absolute atomic E-state index is 0.138. The largest absolute Gasteiger partial charge is 0.454 e. The molecule has 6 nitrogen and oxygen atoms in total. The molecule has 0 radical (unpaired) electrons. The number of benzene rings is 3. The van der Waals surface area contributed by atoms with Crippen LogP contribution in [0, 0.1) is 0 Å². The lowest BCUT2D eigenvalue weighted by Crippen LogP contribution is -2.34. The number of carbonyl (C=O) groups is 2. The Kier molecular flexibility index (Phi) is 5.75. The van der Waals surface area contributed by atoms with E-state index in [1.807, 2.05) is 36.4 Å². The molecule has 0 aliphatic carbocycles. The van der Waals surface area contributed by atoms with Crippen LogP contribution in [0.25, 0.3) is 6.08 Å². The van der Waals surface area contributed by atoms with Crippen molar-refractivity contribution >= 4 is 17.9 Å². The van der Waals surface area contributed by atoms with Crippen molar-refractivity contribution in [3.63, 3.8) is 0 Å². The summed E-state index contributed by atoms with van der Waals surface area (Å²) in [5.41, 5.74) is 2.27. The van der Waals surface area contributed by atoms with Gasteiger partial charge in [0, 0.05) is 12.1 Å². The van der Waals surface area contributed by atoms with Gasteiger partial charge in [0.15, 0.2) is 11.5 Å². The summed E-state index contributed by atoms with van der Waals surface area (Å²) in [6.07, 6.45) is 1.61. The van der Waals surface area contributed by atoms with Crippen LogP contribution in [-0.2, 0) is 11.3 Å². The van der Waals surface area contributed by atoms with Crippen LogP contribution in [0.2, 0.25) is 0 Å². The second-order valence-electron chi connectivity index (χ2n) is 6.66. The van der Waals surface area contributed by atoms with Gasteiger partial charge in [0.05, 0.1) is 0 Å². The van der Waals surface area contributed by atoms with E-state index in [2.05, 4.69) is 10.6 Å². The minimum atomic E-state index is -0.388. The van der Waals surface area contributed by atoms with Crippen molar-refractivity contribution in [1.82, 2.24) is 10.6 Å². The average Bonchev–Trinajstić information content (AvgIpc) is 3.26. The molecule has 1 aliphatic rings. The monoisotopic (exact) mass is 400 g/mol. The number of hydrogen-bond donors (Lipinski definition) is 2. The molecule has 0 bridgehead atoms. The van der Waals surface area contributed by atoms with Crippen molar-refractivity contribution in [2.24, 2.45) is 0 Å². The number of fused-ring (bicyclic) bond motifs is 1. The van der Waals surface area contributed by atoms with Gasteiger partial charge in [-0.2, -0.15) is 0 Å². The Labute approximate surface area is 174 Å². The summed E-state index contributed by atoms with van der Waals surface area (Å²) in [7, 11) is 0. The molecular formula is C24H20N2O4. The van der Waals surface area contributed by atoms with E-state index < -0.39 is 0 Å². The number of rotatable bonds is 6. The van der Waals surface area contributed by atoms with E-state index in [-0.39, 0.29) is 24.3 Å². The lowest BCUT2D eigenvalue weighted by atomic mass is 10.1. The Morgan fingerprint density at radius 1 is 0.867 bits per heavy atom. The summed E-state index contributed by atoms with van der Waals surface area (Å²) in [5.74, 6) is 0.496. The molecular weight excluding hydrogens is 380 g/mol. The van der Waals surface area contributed by atoms with Crippen LogP contribution in [-0.4, -0.2) is 18.6 Å². The number of nitrogens with one attached hydrogen (secondary N) is 2. The molecule has 3 aromatic rings. The molecule has 0 aromatic heterocycles. The highest BCUT2D eigenvalue weighted by Crippen LogP contribution is 2.33. The van der Waals surface area contributed by atoms with Crippen molar-refractivity contribution in [2.45, 2.75) is 6.54 Å². The van der Waals surface area contributed by atoms with Crippen molar-refractivity contribution < 1.29 is 19.1 Å². The van der Waals surface area contributed by atoms with Gasteiger partial charge in [-0.3, -0.25) is 9.59 Å². The second kappa shape index (κ2) is 8.96. The minimum Gasteiger partial charge on any atom is -0.454 e. The molecule has 3 aromatic carbocycles. The van der Waals surface area contributed by atoms with Gasteiger partial charge in [0.25, 0.3) is 11.8 Å². The third kappa shape index (κ3) is 4.67. The molecule has 4 rings (SSSR count). The predicted molar refractivity (Wildman–Crippen MR) is 113 cm³/mol. The lowest BCUT2D eigenvalue weighted by Gasteiger charge is -2.11. The molecule has 0 atom stereocenters. The van der Waals surface area contributed by atoms with Crippen LogP contribution in [0.5, 0.6) is 11.5 Å². The fourth-order valence-electron chi connectivity index (χ4n) is 2.99. The molecule has 1 heterocycles. The molecule has 0 saturated carbocycles. The summed E-state index contributed by atoms with van der Waals surface area (Å²) in [4.78, 5) is 25.5. The zero-order valence-corrected chi connectivity index (χ0v) is 16.1. The Morgan fingerprint density at radius 2 is 1.57 bits per heavy atom. The third-order valence-electron chi connectivity index (χ3n) is 4.53. The zero-order chi connectivity index (χ0) is 20.8. The predicted octanol–water partition coefficient (Wildman–Crippen LogP) is 3.50. The van der Waals surface area contributed by atoms with Crippen molar-refractivity contribution in [2.75, 3.05) is 6.79 Å². The maximum Gasteiger partial charge on any atom is 0.268 e. The highest BCUT2D eigenvalue weighted by molar-refractivity contribution is 6.05. The van der Waals surface area contributed by atoms with Gasteiger partial charge in [-0.15, -0.1) is 0 Å². The first-order valence-electron chi connectivity index (χ1n) is 9.49. The van der Waals surface area contributed by atoms with E-state index >= 15 is 0 Å². The first kappa shape index (κ1) is 19.3.